The Bertz CT molecular complexity index is 1240. The van der Waals surface area contributed by atoms with Crippen molar-refractivity contribution in [2.75, 3.05) is 31.1 Å². The second kappa shape index (κ2) is 10.1. The van der Waals surface area contributed by atoms with Crippen molar-refractivity contribution >= 4 is 17.6 Å². The van der Waals surface area contributed by atoms with Gasteiger partial charge in [0.1, 0.15) is 0 Å². The first kappa shape index (κ1) is 26.0. The molecule has 1 aliphatic rings. The summed E-state index contributed by atoms with van der Waals surface area (Å²) in [6.07, 6.45) is -9.75. The Morgan fingerprint density at radius 3 is 1.97 bits per heavy atom. The summed E-state index contributed by atoms with van der Waals surface area (Å²) in [4.78, 5) is 28.3. The van der Waals surface area contributed by atoms with Gasteiger partial charge in [0.25, 0.3) is 0 Å². The number of amides is 3. The van der Waals surface area contributed by atoms with E-state index in [-0.39, 0.29) is 44.2 Å². The number of carbonyl (C=O) groups is 2. The number of anilines is 1. The molecule has 1 aromatic heterocycles. The molecule has 1 fully saturated rings. The third-order valence-corrected chi connectivity index (χ3v) is 5.59. The minimum absolute atomic E-state index is 0.0580. The molecule has 0 spiro atoms. The SMILES string of the molecule is O=C(N1CCN(C(=O)C(F)(F)F)CC1)N(Cc1ccc(-c2nnc(C(F)(F)F)o2)cc1)c1ccccc1. The molecule has 0 aliphatic carbocycles. The Kier molecular flexibility index (Phi) is 7.09. The van der Waals surface area contributed by atoms with Crippen LogP contribution in [0.2, 0.25) is 0 Å². The number of alkyl halides is 6. The molecule has 2 heterocycles. The van der Waals surface area contributed by atoms with Crippen molar-refractivity contribution in [3.8, 4) is 11.5 Å². The summed E-state index contributed by atoms with van der Waals surface area (Å²) in [6.45, 7) is -0.622. The van der Waals surface area contributed by atoms with Crippen LogP contribution in [0.5, 0.6) is 0 Å². The lowest BCUT2D eigenvalue weighted by atomic mass is 10.1. The molecular formula is C23H19F6N5O3. The highest BCUT2D eigenvalue weighted by Gasteiger charge is 2.43. The highest BCUT2D eigenvalue weighted by Crippen LogP contribution is 2.30. The summed E-state index contributed by atoms with van der Waals surface area (Å²) in [5.41, 5.74) is 1.38. The molecule has 3 amide bonds. The van der Waals surface area contributed by atoms with Gasteiger partial charge < -0.3 is 14.2 Å². The van der Waals surface area contributed by atoms with E-state index >= 15 is 0 Å². The van der Waals surface area contributed by atoms with Gasteiger partial charge in [0.05, 0.1) is 6.54 Å². The third-order valence-electron chi connectivity index (χ3n) is 5.59. The predicted molar refractivity (Wildman–Crippen MR) is 117 cm³/mol. The number of hydrogen-bond donors (Lipinski definition) is 0. The standard InChI is InChI=1S/C23H19F6N5O3/c24-22(25,26)19-31-30-18(37-19)16-8-6-15(7-9-16)14-34(17-4-2-1-3-5-17)21(36)33-12-10-32(11-13-33)20(35)23(27,28)29/h1-9H,10-14H2. The minimum Gasteiger partial charge on any atom is -0.413 e. The molecule has 37 heavy (non-hydrogen) atoms. The van der Waals surface area contributed by atoms with E-state index in [1.54, 1.807) is 42.5 Å². The first-order valence-corrected chi connectivity index (χ1v) is 10.9. The molecule has 14 heteroatoms. The average Bonchev–Trinajstić information content (AvgIpc) is 3.38. The maximum atomic E-state index is 13.3. The summed E-state index contributed by atoms with van der Waals surface area (Å²) in [5, 5.41) is 6.40. The van der Waals surface area contributed by atoms with Crippen molar-refractivity contribution < 1.29 is 40.3 Å². The number of benzene rings is 2. The van der Waals surface area contributed by atoms with E-state index in [1.807, 2.05) is 0 Å². The first-order chi connectivity index (χ1) is 17.4. The molecule has 196 valence electrons. The highest BCUT2D eigenvalue weighted by atomic mass is 19.4. The number of carbonyl (C=O) groups excluding carboxylic acids is 2. The smallest absolute Gasteiger partial charge is 0.413 e. The van der Waals surface area contributed by atoms with E-state index in [9.17, 15) is 35.9 Å². The molecule has 0 radical (unpaired) electrons. The van der Waals surface area contributed by atoms with Crippen LogP contribution in [0.15, 0.2) is 59.0 Å². The number of hydrogen-bond acceptors (Lipinski definition) is 5. The maximum Gasteiger partial charge on any atom is 0.471 e. The van der Waals surface area contributed by atoms with Crippen LogP contribution in [0, 0.1) is 0 Å². The van der Waals surface area contributed by atoms with Crippen molar-refractivity contribution in [3.05, 3.63) is 66.1 Å². The van der Waals surface area contributed by atoms with Crippen molar-refractivity contribution in [1.82, 2.24) is 20.0 Å². The number of para-hydroxylation sites is 1. The first-order valence-electron chi connectivity index (χ1n) is 10.9. The van der Waals surface area contributed by atoms with Gasteiger partial charge >= 0.3 is 30.2 Å². The summed E-state index contributed by atoms with van der Waals surface area (Å²) >= 11 is 0. The van der Waals surface area contributed by atoms with Crippen LogP contribution in [0.25, 0.3) is 11.5 Å². The van der Waals surface area contributed by atoms with E-state index < -0.39 is 30.2 Å². The Morgan fingerprint density at radius 2 is 1.43 bits per heavy atom. The second-order valence-electron chi connectivity index (χ2n) is 8.09. The van der Waals surface area contributed by atoms with Crippen molar-refractivity contribution in [2.24, 2.45) is 0 Å². The van der Waals surface area contributed by atoms with Crippen LogP contribution in [-0.2, 0) is 17.5 Å². The summed E-state index contributed by atoms with van der Waals surface area (Å²) in [7, 11) is 0. The largest absolute Gasteiger partial charge is 0.471 e. The lowest BCUT2D eigenvalue weighted by Gasteiger charge is -2.37. The quantitative estimate of drug-likeness (QED) is 0.464. The van der Waals surface area contributed by atoms with E-state index in [0.717, 1.165) is 0 Å². The van der Waals surface area contributed by atoms with Gasteiger partial charge in [-0.3, -0.25) is 9.69 Å². The Balaban J connectivity index is 1.49. The molecule has 4 rings (SSSR count). The van der Waals surface area contributed by atoms with Gasteiger partial charge in [-0.05, 0) is 29.8 Å². The van der Waals surface area contributed by atoms with Crippen LogP contribution in [0.1, 0.15) is 11.5 Å². The summed E-state index contributed by atoms with van der Waals surface area (Å²) in [5.74, 6) is -3.73. The molecule has 2 aromatic carbocycles. The maximum absolute atomic E-state index is 13.3. The second-order valence-corrected chi connectivity index (χ2v) is 8.09. The summed E-state index contributed by atoms with van der Waals surface area (Å²) in [6, 6.07) is 14.2. The predicted octanol–water partition coefficient (Wildman–Crippen LogP) is 4.59. The van der Waals surface area contributed by atoms with Crippen LogP contribution >= 0.6 is 0 Å². The van der Waals surface area contributed by atoms with Gasteiger partial charge in [-0.25, -0.2) is 4.79 Å². The lowest BCUT2D eigenvalue weighted by molar-refractivity contribution is -0.186. The molecule has 8 nitrogen and oxygen atoms in total. The van der Waals surface area contributed by atoms with E-state index in [0.29, 0.717) is 16.2 Å². The van der Waals surface area contributed by atoms with Gasteiger partial charge in [-0.15, -0.1) is 10.2 Å². The number of piperazine rings is 1. The minimum atomic E-state index is -4.98. The molecular weight excluding hydrogens is 508 g/mol. The van der Waals surface area contributed by atoms with Gasteiger partial charge in [-0.1, -0.05) is 30.3 Å². The molecule has 1 aliphatic heterocycles. The number of aromatic nitrogens is 2. The molecule has 0 saturated carbocycles. The summed E-state index contributed by atoms with van der Waals surface area (Å²) < 4.78 is 81.0. The topological polar surface area (TPSA) is 82.8 Å². The fraction of sp³-hybridized carbons (Fsp3) is 0.304. The monoisotopic (exact) mass is 527 g/mol. The van der Waals surface area contributed by atoms with Crippen LogP contribution < -0.4 is 4.90 Å². The fourth-order valence-electron chi connectivity index (χ4n) is 3.72. The molecule has 0 bridgehead atoms. The van der Waals surface area contributed by atoms with Gasteiger partial charge in [0.2, 0.25) is 5.89 Å². The van der Waals surface area contributed by atoms with Crippen molar-refractivity contribution in [3.63, 3.8) is 0 Å². The Hall–Kier alpha value is -4.10. The molecule has 0 atom stereocenters. The van der Waals surface area contributed by atoms with Crippen LogP contribution in [0.3, 0.4) is 0 Å². The molecule has 3 aromatic rings. The number of nitrogens with zero attached hydrogens (tertiary/aromatic N) is 5. The number of rotatable bonds is 4. The van der Waals surface area contributed by atoms with Gasteiger partial charge in [0.15, 0.2) is 0 Å². The van der Waals surface area contributed by atoms with E-state index in [1.165, 1.54) is 21.9 Å². The van der Waals surface area contributed by atoms with E-state index in [2.05, 4.69) is 14.6 Å². The van der Waals surface area contributed by atoms with Gasteiger partial charge in [0, 0.05) is 37.4 Å². The highest BCUT2D eigenvalue weighted by molar-refractivity contribution is 5.92. The number of halogens is 6. The zero-order chi connectivity index (χ0) is 26.8. The van der Waals surface area contributed by atoms with Crippen molar-refractivity contribution in [2.45, 2.75) is 18.9 Å². The van der Waals surface area contributed by atoms with Crippen LogP contribution in [-0.4, -0.2) is 64.3 Å². The van der Waals surface area contributed by atoms with Gasteiger partial charge in [-0.2, -0.15) is 26.3 Å². The van der Waals surface area contributed by atoms with Crippen LogP contribution in [0.4, 0.5) is 36.8 Å². The lowest BCUT2D eigenvalue weighted by Crippen LogP contribution is -2.56. The number of urea groups is 1. The Labute approximate surface area is 206 Å². The molecule has 0 unspecified atom stereocenters. The molecule has 1 saturated heterocycles. The van der Waals surface area contributed by atoms with Crippen molar-refractivity contribution in [1.29, 1.82) is 0 Å². The Morgan fingerprint density at radius 1 is 0.838 bits per heavy atom. The molecule has 0 N–H and O–H groups in total. The average molecular weight is 527 g/mol. The van der Waals surface area contributed by atoms with E-state index in [4.69, 9.17) is 0 Å². The zero-order valence-electron chi connectivity index (χ0n) is 19.0. The zero-order valence-corrected chi connectivity index (χ0v) is 19.0. The fourth-order valence-corrected chi connectivity index (χ4v) is 3.72. The normalized spacial score (nSPS) is 14.5. The third kappa shape index (κ3) is 6.01.